The van der Waals surface area contributed by atoms with Crippen molar-refractivity contribution < 1.29 is 5.11 Å². The molecule has 3 atom stereocenters. The van der Waals surface area contributed by atoms with Gasteiger partial charge >= 0.3 is 0 Å². The zero-order valence-corrected chi connectivity index (χ0v) is 9.36. The minimum Gasteiger partial charge on any atom is -0.392 e. The average molecular weight is 219 g/mol. The van der Waals surface area contributed by atoms with Crippen molar-refractivity contribution in [2.75, 3.05) is 0 Å². The van der Waals surface area contributed by atoms with Crippen molar-refractivity contribution in [1.29, 1.82) is 5.41 Å². The number of aliphatic hydroxyl groups excluding tert-OH is 1. The largest absolute Gasteiger partial charge is 0.392 e. The average Bonchev–Trinajstić information content (AvgIpc) is 2.09. The lowest BCUT2D eigenvalue weighted by Gasteiger charge is -2.48. The zero-order chi connectivity index (χ0) is 9.47. The van der Waals surface area contributed by atoms with Gasteiger partial charge in [-0.05, 0) is 25.7 Å². The van der Waals surface area contributed by atoms with E-state index in [1.807, 2.05) is 0 Å². The number of piperidine rings is 1. The Morgan fingerprint density at radius 1 is 1.50 bits per heavy atom. The summed E-state index contributed by atoms with van der Waals surface area (Å²) in [5, 5.41) is 20.7. The van der Waals surface area contributed by atoms with Crippen LogP contribution in [-0.4, -0.2) is 23.1 Å². The van der Waals surface area contributed by atoms with Gasteiger partial charge in [0.25, 0.3) is 0 Å². The molecule has 2 aliphatic rings. The Hall–Kier alpha value is -0.280. The molecular formula is C10H19ClN2O. The quantitative estimate of drug-likeness (QED) is 0.580. The second-order valence-electron chi connectivity index (χ2n) is 4.63. The van der Waals surface area contributed by atoms with E-state index in [-0.39, 0.29) is 23.9 Å². The molecule has 4 heteroatoms. The third-order valence-corrected chi connectivity index (χ3v) is 3.79. The molecule has 0 spiro atoms. The van der Waals surface area contributed by atoms with Crippen molar-refractivity contribution in [2.24, 2.45) is 5.41 Å². The van der Waals surface area contributed by atoms with E-state index in [9.17, 15) is 5.11 Å². The lowest BCUT2D eigenvalue weighted by Crippen LogP contribution is -2.57. The Balaban J connectivity index is 0.000000980. The van der Waals surface area contributed by atoms with Crippen LogP contribution in [0.1, 0.15) is 39.0 Å². The minimum atomic E-state index is -0.174. The van der Waals surface area contributed by atoms with Crippen LogP contribution in [0.3, 0.4) is 0 Å². The van der Waals surface area contributed by atoms with Crippen molar-refractivity contribution in [3.8, 4) is 0 Å². The van der Waals surface area contributed by atoms with Gasteiger partial charge in [0, 0.05) is 17.9 Å². The molecule has 0 bridgehead atoms. The van der Waals surface area contributed by atoms with E-state index < -0.39 is 0 Å². The molecule has 1 heterocycles. The SMILES string of the molecule is C[C@@]12CCC(=N)N[C@H]1CCCC2O.Cl. The van der Waals surface area contributed by atoms with E-state index in [4.69, 9.17) is 5.41 Å². The van der Waals surface area contributed by atoms with Crippen molar-refractivity contribution in [3.63, 3.8) is 0 Å². The van der Waals surface area contributed by atoms with E-state index in [0.29, 0.717) is 11.9 Å². The summed E-state index contributed by atoms with van der Waals surface area (Å²) >= 11 is 0. The smallest absolute Gasteiger partial charge is 0.0934 e. The molecule has 2 rings (SSSR count). The van der Waals surface area contributed by atoms with Gasteiger partial charge in [-0.3, -0.25) is 5.41 Å². The fourth-order valence-electron chi connectivity index (χ4n) is 2.66. The lowest BCUT2D eigenvalue weighted by molar-refractivity contribution is -0.0294. The van der Waals surface area contributed by atoms with E-state index in [0.717, 1.165) is 32.1 Å². The highest BCUT2D eigenvalue weighted by molar-refractivity contribution is 5.85. The zero-order valence-electron chi connectivity index (χ0n) is 8.55. The molecule has 0 amide bonds. The van der Waals surface area contributed by atoms with Gasteiger partial charge in [0.2, 0.25) is 0 Å². The molecule has 14 heavy (non-hydrogen) atoms. The predicted molar refractivity (Wildman–Crippen MR) is 59.1 cm³/mol. The molecule has 1 aliphatic carbocycles. The van der Waals surface area contributed by atoms with Crippen LogP contribution in [-0.2, 0) is 0 Å². The highest BCUT2D eigenvalue weighted by Gasteiger charge is 2.45. The monoisotopic (exact) mass is 218 g/mol. The van der Waals surface area contributed by atoms with Crippen LogP contribution in [0.25, 0.3) is 0 Å². The first-order chi connectivity index (χ1) is 6.13. The first kappa shape index (κ1) is 11.8. The number of amidine groups is 1. The second kappa shape index (κ2) is 4.07. The van der Waals surface area contributed by atoms with E-state index in [2.05, 4.69) is 12.2 Å². The van der Waals surface area contributed by atoms with E-state index in [1.165, 1.54) is 0 Å². The normalized spacial score (nSPS) is 42.0. The Labute approximate surface area is 91.2 Å². The summed E-state index contributed by atoms with van der Waals surface area (Å²) in [5.41, 5.74) is 0.0167. The number of halogens is 1. The molecule has 3 nitrogen and oxygen atoms in total. The van der Waals surface area contributed by atoms with Crippen molar-refractivity contribution in [1.82, 2.24) is 5.32 Å². The summed E-state index contributed by atoms with van der Waals surface area (Å²) in [4.78, 5) is 0. The minimum absolute atomic E-state index is 0. The van der Waals surface area contributed by atoms with Gasteiger partial charge in [0.1, 0.15) is 0 Å². The number of fused-ring (bicyclic) bond motifs is 1. The van der Waals surface area contributed by atoms with Gasteiger partial charge in [0.05, 0.1) is 11.9 Å². The van der Waals surface area contributed by atoms with Crippen LogP contribution < -0.4 is 5.32 Å². The topological polar surface area (TPSA) is 56.1 Å². The van der Waals surface area contributed by atoms with Crippen LogP contribution in [0.5, 0.6) is 0 Å². The molecule has 0 aromatic carbocycles. The third kappa shape index (κ3) is 1.75. The molecule has 0 aromatic heterocycles. The Morgan fingerprint density at radius 2 is 2.21 bits per heavy atom. The number of nitrogens with one attached hydrogen (secondary N) is 2. The lowest BCUT2D eigenvalue weighted by atomic mass is 9.65. The fraction of sp³-hybridized carbons (Fsp3) is 0.900. The first-order valence-electron chi connectivity index (χ1n) is 5.15. The van der Waals surface area contributed by atoms with Gasteiger partial charge in [-0.2, -0.15) is 0 Å². The Morgan fingerprint density at radius 3 is 2.93 bits per heavy atom. The number of rotatable bonds is 0. The maximum Gasteiger partial charge on any atom is 0.0934 e. The van der Waals surface area contributed by atoms with Gasteiger partial charge in [-0.15, -0.1) is 12.4 Å². The third-order valence-electron chi connectivity index (χ3n) is 3.79. The molecule has 0 radical (unpaired) electrons. The predicted octanol–water partition coefficient (Wildman–Crippen LogP) is 1.69. The van der Waals surface area contributed by atoms with Crippen LogP contribution in [0.15, 0.2) is 0 Å². The molecule has 2 fully saturated rings. The molecule has 1 unspecified atom stereocenters. The van der Waals surface area contributed by atoms with E-state index in [1.54, 1.807) is 0 Å². The standard InChI is InChI=1S/C10H18N2O.ClH/c1-10-6-5-9(11)12-7(10)3-2-4-8(10)13;/h7-8,13H,2-6H2,1H3,(H2,11,12);1H/t7-,8?,10+;/m0./s1. The molecule has 1 saturated heterocycles. The number of hydrogen-bond acceptors (Lipinski definition) is 2. The molecule has 0 aromatic rings. The first-order valence-corrected chi connectivity index (χ1v) is 5.15. The van der Waals surface area contributed by atoms with Crippen molar-refractivity contribution in [2.45, 2.75) is 51.2 Å². The number of aliphatic hydroxyl groups is 1. The van der Waals surface area contributed by atoms with Gasteiger partial charge in [0.15, 0.2) is 0 Å². The maximum absolute atomic E-state index is 9.94. The van der Waals surface area contributed by atoms with Crippen LogP contribution in [0.4, 0.5) is 0 Å². The summed E-state index contributed by atoms with van der Waals surface area (Å²) in [6.45, 7) is 2.15. The Kier molecular flexibility index (Phi) is 3.43. The molecule has 3 N–H and O–H groups in total. The summed E-state index contributed by atoms with van der Waals surface area (Å²) in [6.07, 6.45) is 4.71. The van der Waals surface area contributed by atoms with Crippen molar-refractivity contribution >= 4 is 18.2 Å². The van der Waals surface area contributed by atoms with Crippen LogP contribution >= 0.6 is 12.4 Å². The van der Waals surface area contributed by atoms with Gasteiger partial charge < -0.3 is 10.4 Å². The maximum atomic E-state index is 9.94. The molecule has 82 valence electrons. The van der Waals surface area contributed by atoms with Crippen molar-refractivity contribution in [3.05, 3.63) is 0 Å². The van der Waals surface area contributed by atoms with Crippen LogP contribution in [0.2, 0.25) is 0 Å². The Bertz CT molecular complexity index is 234. The van der Waals surface area contributed by atoms with E-state index >= 15 is 0 Å². The molecular weight excluding hydrogens is 200 g/mol. The summed E-state index contributed by atoms with van der Waals surface area (Å²) in [7, 11) is 0. The summed E-state index contributed by atoms with van der Waals surface area (Å²) < 4.78 is 0. The van der Waals surface area contributed by atoms with Crippen LogP contribution in [0, 0.1) is 10.8 Å². The van der Waals surface area contributed by atoms with Gasteiger partial charge in [-0.1, -0.05) is 6.92 Å². The van der Waals surface area contributed by atoms with Gasteiger partial charge in [-0.25, -0.2) is 0 Å². The summed E-state index contributed by atoms with van der Waals surface area (Å²) in [6, 6.07) is 0.331. The number of hydrogen-bond donors (Lipinski definition) is 3. The highest BCUT2D eigenvalue weighted by Crippen LogP contribution is 2.42. The highest BCUT2D eigenvalue weighted by atomic mass is 35.5. The fourth-order valence-corrected chi connectivity index (χ4v) is 2.66. The molecule has 1 saturated carbocycles. The summed E-state index contributed by atoms with van der Waals surface area (Å²) in [5.74, 6) is 0.650. The molecule has 1 aliphatic heterocycles. The second-order valence-corrected chi connectivity index (χ2v) is 4.63.